The summed E-state index contributed by atoms with van der Waals surface area (Å²) in [7, 11) is 0. The summed E-state index contributed by atoms with van der Waals surface area (Å²) in [6.45, 7) is 8.37. The molecule has 0 saturated heterocycles. The molecular weight excluding hydrogens is 322 g/mol. The lowest BCUT2D eigenvalue weighted by Crippen LogP contribution is -2.17. The van der Waals surface area contributed by atoms with Gasteiger partial charge in [-0.3, -0.25) is 9.36 Å². The average Bonchev–Trinajstić information content (AvgIpc) is 2.94. The molecule has 7 heteroatoms. The summed E-state index contributed by atoms with van der Waals surface area (Å²) in [5.41, 5.74) is 8.98. The van der Waals surface area contributed by atoms with E-state index in [2.05, 4.69) is 35.9 Å². The Bertz CT molecular complexity index is 704. The Kier molecular flexibility index (Phi) is 6.43. The van der Waals surface area contributed by atoms with Crippen LogP contribution in [0.5, 0.6) is 0 Å². The number of allylic oxidation sites excluding steroid dienone is 1. The SMILES string of the molecule is C=CCn1c(N)nnc1SCC(=O)Nc1c(CC)cccc1CC. The van der Waals surface area contributed by atoms with Crippen molar-refractivity contribution in [2.75, 3.05) is 16.8 Å². The van der Waals surface area contributed by atoms with E-state index in [-0.39, 0.29) is 11.7 Å². The highest BCUT2D eigenvalue weighted by Gasteiger charge is 2.13. The van der Waals surface area contributed by atoms with Crippen LogP contribution in [0, 0.1) is 0 Å². The number of carbonyl (C=O) groups is 1. The highest BCUT2D eigenvalue weighted by Crippen LogP contribution is 2.24. The van der Waals surface area contributed by atoms with E-state index in [1.165, 1.54) is 11.8 Å². The zero-order valence-corrected chi connectivity index (χ0v) is 14.9. The number of aromatic nitrogens is 3. The van der Waals surface area contributed by atoms with E-state index in [9.17, 15) is 4.79 Å². The monoisotopic (exact) mass is 345 g/mol. The lowest BCUT2D eigenvalue weighted by molar-refractivity contribution is -0.113. The summed E-state index contributed by atoms with van der Waals surface area (Å²) in [4.78, 5) is 12.4. The molecule has 1 heterocycles. The van der Waals surface area contributed by atoms with Crippen molar-refractivity contribution in [3.63, 3.8) is 0 Å². The second-order valence-corrected chi connectivity index (χ2v) is 6.18. The van der Waals surface area contributed by atoms with Crippen LogP contribution in [0.1, 0.15) is 25.0 Å². The summed E-state index contributed by atoms with van der Waals surface area (Å²) in [6, 6.07) is 6.12. The molecule has 1 aromatic heterocycles. The Morgan fingerprint density at radius 3 is 2.58 bits per heavy atom. The number of anilines is 2. The molecule has 0 bridgehead atoms. The van der Waals surface area contributed by atoms with Crippen molar-refractivity contribution >= 4 is 29.3 Å². The largest absolute Gasteiger partial charge is 0.368 e. The van der Waals surface area contributed by atoms with Gasteiger partial charge in [-0.15, -0.1) is 16.8 Å². The van der Waals surface area contributed by atoms with Crippen molar-refractivity contribution in [3.05, 3.63) is 42.0 Å². The molecular formula is C17H23N5OS. The van der Waals surface area contributed by atoms with Gasteiger partial charge < -0.3 is 11.1 Å². The number of nitrogens with one attached hydrogen (secondary N) is 1. The fourth-order valence-electron chi connectivity index (χ4n) is 2.42. The number of nitrogens with zero attached hydrogens (tertiary/aromatic N) is 3. The first kappa shape index (κ1) is 18.1. The van der Waals surface area contributed by atoms with E-state index in [0.717, 1.165) is 29.7 Å². The first-order valence-electron chi connectivity index (χ1n) is 7.93. The van der Waals surface area contributed by atoms with Gasteiger partial charge in [0.25, 0.3) is 0 Å². The zero-order valence-electron chi connectivity index (χ0n) is 14.1. The third-order valence-electron chi connectivity index (χ3n) is 3.65. The van der Waals surface area contributed by atoms with Gasteiger partial charge in [-0.25, -0.2) is 0 Å². The van der Waals surface area contributed by atoms with Crippen LogP contribution in [0.25, 0.3) is 0 Å². The van der Waals surface area contributed by atoms with Crippen molar-refractivity contribution in [2.24, 2.45) is 0 Å². The third kappa shape index (κ3) is 4.17. The third-order valence-corrected chi connectivity index (χ3v) is 4.62. The molecule has 6 nitrogen and oxygen atoms in total. The lowest BCUT2D eigenvalue weighted by atomic mass is 10.0. The minimum atomic E-state index is -0.0673. The number of hydrogen-bond donors (Lipinski definition) is 2. The molecule has 24 heavy (non-hydrogen) atoms. The van der Waals surface area contributed by atoms with Gasteiger partial charge in [-0.05, 0) is 24.0 Å². The Labute approximate surface area is 146 Å². The predicted octanol–water partition coefficient (Wildman–Crippen LogP) is 2.90. The Hall–Kier alpha value is -2.28. The highest BCUT2D eigenvalue weighted by molar-refractivity contribution is 7.99. The summed E-state index contributed by atoms with van der Waals surface area (Å²) in [5.74, 6) is 0.501. The molecule has 1 amide bonds. The number of amides is 1. The topological polar surface area (TPSA) is 85.8 Å². The number of nitrogen functional groups attached to an aromatic ring is 1. The van der Waals surface area contributed by atoms with Gasteiger partial charge in [0.05, 0.1) is 5.75 Å². The van der Waals surface area contributed by atoms with E-state index in [0.29, 0.717) is 17.6 Å². The first-order valence-corrected chi connectivity index (χ1v) is 8.92. The molecule has 0 atom stereocenters. The summed E-state index contributed by atoms with van der Waals surface area (Å²) in [5, 5.41) is 11.5. The van der Waals surface area contributed by atoms with Crippen LogP contribution in [0.15, 0.2) is 36.0 Å². The molecule has 0 aliphatic rings. The normalized spacial score (nSPS) is 10.6. The summed E-state index contributed by atoms with van der Waals surface area (Å²) in [6.07, 6.45) is 3.47. The molecule has 2 aromatic rings. The molecule has 0 radical (unpaired) electrons. The van der Waals surface area contributed by atoms with Gasteiger partial charge in [0.15, 0.2) is 5.16 Å². The molecule has 0 aliphatic carbocycles. The van der Waals surface area contributed by atoms with Gasteiger partial charge >= 0.3 is 0 Å². The van der Waals surface area contributed by atoms with Crippen LogP contribution in [0.3, 0.4) is 0 Å². The minimum absolute atomic E-state index is 0.0673. The number of hydrogen-bond acceptors (Lipinski definition) is 5. The molecule has 0 unspecified atom stereocenters. The minimum Gasteiger partial charge on any atom is -0.368 e. The van der Waals surface area contributed by atoms with Crippen LogP contribution >= 0.6 is 11.8 Å². The number of nitrogens with two attached hydrogens (primary N) is 1. The molecule has 0 spiro atoms. The van der Waals surface area contributed by atoms with Gasteiger partial charge in [0.2, 0.25) is 11.9 Å². The Morgan fingerprint density at radius 2 is 2.00 bits per heavy atom. The molecule has 2 rings (SSSR count). The van der Waals surface area contributed by atoms with Crippen LogP contribution < -0.4 is 11.1 Å². The maximum atomic E-state index is 12.4. The summed E-state index contributed by atoms with van der Waals surface area (Å²) >= 11 is 1.31. The van der Waals surface area contributed by atoms with Crippen LogP contribution in [-0.2, 0) is 24.2 Å². The fraction of sp³-hybridized carbons (Fsp3) is 0.353. The number of aryl methyl sites for hydroxylation is 2. The van der Waals surface area contributed by atoms with Gasteiger partial charge in [-0.2, -0.15) is 0 Å². The number of para-hydroxylation sites is 1. The zero-order chi connectivity index (χ0) is 17.5. The van der Waals surface area contributed by atoms with Crippen LogP contribution in [0.4, 0.5) is 11.6 Å². The molecule has 0 saturated carbocycles. The Balaban J connectivity index is 2.06. The number of rotatable bonds is 8. The fourth-order valence-corrected chi connectivity index (χ4v) is 3.17. The van der Waals surface area contributed by atoms with Crippen molar-refractivity contribution in [2.45, 2.75) is 38.4 Å². The average molecular weight is 345 g/mol. The van der Waals surface area contributed by atoms with Crippen molar-refractivity contribution in [1.29, 1.82) is 0 Å². The second kappa shape index (κ2) is 8.54. The first-order chi connectivity index (χ1) is 11.6. The van der Waals surface area contributed by atoms with Gasteiger partial charge in [0, 0.05) is 12.2 Å². The maximum Gasteiger partial charge on any atom is 0.234 e. The van der Waals surface area contributed by atoms with Gasteiger partial charge in [-0.1, -0.05) is 49.9 Å². The lowest BCUT2D eigenvalue weighted by Gasteiger charge is -2.14. The molecule has 1 aromatic carbocycles. The Morgan fingerprint density at radius 1 is 1.33 bits per heavy atom. The number of benzene rings is 1. The van der Waals surface area contributed by atoms with Crippen molar-refractivity contribution < 1.29 is 4.79 Å². The highest BCUT2D eigenvalue weighted by atomic mass is 32.2. The van der Waals surface area contributed by atoms with E-state index >= 15 is 0 Å². The van der Waals surface area contributed by atoms with Crippen LogP contribution in [-0.4, -0.2) is 26.4 Å². The standard InChI is InChI=1S/C17H23N5OS/c1-4-10-22-16(18)20-21-17(22)24-11-14(23)19-15-12(5-2)8-7-9-13(15)6-3/h4,7-9H,1,5-6,10-11H2,2-3H3,(H2,18,20)(H,19,23). The van der Waals surface area contributed by atoms with E-state index < -0.39 is 0 Å². The molecule has 0 aliphatic heterocycles. The molecule has 128 valence electrons. The number of thioether (sulfide) groups is 1. The van der Waals surface area contributed by atoms with Gasteiger partial charge in [0.1, 0.15) is 0 Å². The van der Waals surface area contributed by atoms with Crippen molar-refractivity contribution in [3.8, 4) is 0 Å². The molecule has 0 fully saturated rings. The van der Waals surface area contributed by atoms with E-state index in [4.69, 9.17) is 5.73 Å². The van der Waals surface area contributed by atoms with E-state index in [1.807, 2.05) is 18.2 Å². The quantitative estimate of drug-likeness (QED) is 0.567. The molecule has 3 N–H and O–H groups in total. The number of carbonyl (C=O) groups excluding carboxylic acids is 1. The second-order valence-electron chi connectivity index (χ2n) is 5.24. The summed E-state index contributed by atoms with van der Waals surface area (Å²) < 4.78 is 1.72. The van der Waals surface area contributed by atoms with Crippen LogP contribution in [0.2, 0.25) is 0 Å². The van der Waals surface area contributed by atoms with Crippen molar-refractivity contribution in [1.82, 2.24) is 14.8 Å². The predicted molar refractivity (Wildman–Crippen MR) is 99.2 cm³/mol. The smallest absolute Gasteiger partial charge is 0.234 e. The maximum absolute atomic E-state index is 12.4. The van der Waals surface area contributed by atoms with E-state index in [1.54, 1.807) is 10.6 Å².